The van der Waals surface area contributed by atoms with Gasteiger partial charge >= 0.3 is 0 Å². The quantitative estimate of drug-likeness (QED) is 0.515. The van der Waals surface area contributed by atoms with E-state index in [9.17, 15) is 0 Å². The van der Waals surface area contributed by atoms with Gasteiger partial charge in [-0.1, -0.05) is 48.2 Å². The summed E-state index contributed by atoms with van der Waals surface area (Å²) in [5.41, 5.74) is 2.27. The minimum absolute atomic E-state index is 0.0667. The topological polar surface area (TPSA) is 37.0 Å². The number of halogens is 3. The molecule has 0 saturated heterocycles. The van der Waals surface area contributed by atoms with Crippen molar-refractivity contribution >= 4 is 62.3 Å². The number of benzene rings is 1. The summed E-state index contributed by atoms with van der Waals surface area (Å²) < 4.78 is 0.819. The molecule has 0 spiro atoms. The first-order chi connectivity index (χ1) is 12.4. The van der Waals surface area contributed by atoms with Crippen LogP contribution in [0.2, 0.25) is 10.0 Å². The second-order valence-corrected chi connectivity index (χ2v) is 8.74. The molecule has 1 heterocycles. The molecule has 1 aromatic carbocycles. The maximum atomic E-state index is 6.22. The SMILES string of the molecule is Cc1c(Cl)cnc(NC(=S)NCC2(c3cccc(Cl)c3)CCCC2)c1Br. The summed E-state index contributed by atoms with van der Waals surface area (Å²) in [6.45, 7) is 2.70. The zero-order chi connectivity index (χ0) is 18.7. The molecule has 7 heteroatoms. The third-order valence-electron chi connectivity index (χ3n) is 5.02. The highest BCUT2D eigenvalue weighted by atomic mass is 79.9. The van der Waals surface area contributed by atoms with Crippen molar-refractivity contribution in [2.45, 2.75) is 38.0 Å². The van der Waals surface area contributed by atoms with E-state index in [-0.39, 0.29) is 5.41 Å². The molecule has 0 atom stereocenters. The number of nitrogens with one attached hydrogen (secondary N) is 2. The Kier molecular flexibility index (Phi) is 6.44. The van der Waals surface area contributed by atoms with E-state index in [1.54, 1.807) is 6.20 Å². The zero-order valence-electron chi connectivity index (χ0n) is 14.4. The van der Waals surface area contributed by atoms with Crippen molar-refractivity contribution in [1.29, 1.82) is 0 Å². The van der Waals surface area contributed by atoms with Gasteiger partial charge in [0.15, 0.2) is 5.11 Å². The molecule has 1 aromatic heterocycles. The number of rotatable bonds is 4. The summed E-state index contributed by atoms with van der Waals surface area (Å²) >= 11 is 21.3. The van der Waals surface area contributed by atoms with Gasteiger partial charge in [0.1, 0.15) is 5.82 Å². The van der Waals surface area contributed by atoms with Crippen LogP contribution in [-0.2, 0) is 5.41 Å². The van der Waals surface area contributed by atoms with Gasteiger partial charge in [0.2, 0.25) is 0 Å². The third-order valence-corrected chi connectivity index (χ3v) is 6.85. The highest BCUT2D eigenvalue weighted by molar-refractivity contribution is 9.10. The van der Waals surface area contributed by atoms with Crippen molar-refractivity contribution in [3.63, 3.8) is 0 Å². The van der Waals surface area contributed by atoms with Crippen molar-refractivity contribution < 1.29 is 0 Å². The van der Waals surface area contributed by atoms with Crippen molar-refractivity contribution in [1.82, 2.24) is 10.3 Å². The number of anilines is 1. The number of hydrogen-bond donors (Lipinski definition) is 2. The van der Waals surface area contributed by atoms with Gasteiger partial charge in [-0.05, 0) is 71.2 Å². The molecular weight excluding hydrogens is 453 g/mol. The van der Waals surface area contributed by atoms with Crippen molar-refractivity contribution in [2.24, 2.45) is 0 Å². The Morgan fingerprint density at radius 1 is 1.31 bits per heavy atom. The summed E-state index contributed by atoms with van der Waals surface area (Å²) in [6.07, 6.45) is 6.32. The Balaban J connectivity index is 1.70. The lowest BCUT2D eigenvalue weighted by Gasteiger charge is -2.31. The first kappa shape index (κ1) is 19.9. The number of aromatic nitrogens is 1. The smallest absolute Gasteiger partial charge is 0.172 e. The second-order valence-electron chi connectivity index (χ2n) is 6.70. The maximum Gasteiger partial charge on any atom is 0.172 e. The van der Waals surface area contributed by atoms with E-state index in [1.807, 2.05) is 19.1 Å². The molecule has 0 bridgehead atoms. The predicted octanol–water partition coefficient (Wildman–Crippen LogP) is 6.26. The first-order valence-electron chi connectivity index (χ1n) is 8.53. The Morgan fingerprint density at radius 2 is 2.04 bits per heavy atom. The summed E-state index contributed by atoms with van der Waals surface area (Å²) in [5.74, 6) is 0.660. The summed E-state index contributed by atoms with van der Waals surface area (Å²) in [4.78, 5) is 4.31. The average Bonchev–Trinajstić information content (AvgIpc) is 3.11. The van der Waals surface area contributed by atoms with Crippen LogP contribution in [0.4, 0.5) is 5.82 Å². The van der Waals surface area contributed by atoms with Gasteiger partial charge in [0, 0.05) is 23.2 Å². The minimum atomic E-state index is 0.0667. The standard InChI is InChI=1S/C19H20BrCl2N3S/c1-12-15(22)10-23-17(16(12)20)25-18(26)24-11-19(7-2-3-8-19)13-5-4-6-14(21)9-13/h4-6,9-10H,2-3,7-8,11H2,1H3,(H2,23,24,25,26). The molecule has 0 amide bonds. The van der Waals surface area contributed by atoms with Crippen LogP contribution in [0.3, 0.4) is 0 Å². The number of pyridine rings is 1. The van der Waals surface area contributed by atoms with Crippen molar-refractivity contribution in [3.05, 3.63) is 56.1 Å². The van der Waals surface area contributed by atoms with Crippen LogP contribution in [0.5, 0.6) is 0 Å². The van der Waals surface area contributed by atoms with Crippen LogP contribution in [0.25, 0.3) is 0 Å². The van der Waals surface area contributed by atoms with Gasteiger partial charge in [-0.3, -0.25) is 0 Å². The van der Waals surface area contributed by atoms with Gasteiger partial charge in [-0.2, -0.15) is 0 Å². The Hall–Kier alpha value is -0.880. The number of nitrogens with zero attached hydrogens (tertiary/aromatic N) is 1. The van der Waals surface area contributed by atoms with E-state index in [2.05, 4.69) is 43.7 Å². The second kappa shape index (κ2) is 8.42. The summed E-state index contributed by atoms with van der Waals surface area (Å²) in [6, 6.07) is 8.17. The molecular formula is C19H20BrCl2N3S. The van der Waals surface area contributed by atoms with Gasteiger partial charge < -0.3 is 10.6 Å². The molecule has 0 unspecified atom stereocenters. The van der Waals surface area contributed by atoms with Crippen LogP contribution in [0.1, 0.15) is 36.8 Å². The molecule has 2 aromatic rings. The predicted molar refractivity (Wildman–Crippen MR) is 118 cm³/mol. The normalized spacial score (nSPS) is 15.7. The monoisotopic (exact) mass is 471 g/mol. The van der Waals surface area contributed by atoms with E-state index in [1.165, 1.54) is 18.4 Å². The molecule has 26 heavy (non-hydrogen) atoms. The number of thiocarbonyl (C=S) groups is 1. The molecule has 138 valence electrons. The Labute approximate surface area is 178 Å². The Morgan fingerprint density at radius 3 is 2.73 bits per heavy atom. The van der Waals surface area contributed by atoms with Crippen LogP contribution in [0.15, 0.2) is 34.9 Å². The average molecular weight is 473 g/mol. The molecule has 3 rings (SSSR count). The van der Waals surface area contributed by atoms with Crippen molar-refractivity contribution in [3.8, 4) is 0 Å². The molecule has 1 aliphatic carbocycles. The van der Waals surface area contributed by atoms with Gasteiger partial charge in [-0.25, -0.2) is 4.98 Å². The van der Waals surface area contributed by atoms with Gasteiger partial charge in [0.25, 0.3) is 0 Å². The van der Waals surface area contributed by atoms with E-state index in [0.29, 0.717) is 16.0 Å². The fraction of sp³-hybridized carbons (Fsp3) is 0.368. The summed E-state index contributed by atoms with van der Waals surface area (Å²) in [7, 11) is 0. The van der Waals surface area contributed by atoms with Gasteiger partial charge in [-0.15, -0.1) is 0 Å². The summed E-state index contributed by atoms with van der Waals surface area (Å²) in [5, 5.41) is 8.48. The van der Waals surface area contributed by atoms with Crippen LogP contribution >= 0.6 is 51.3 Å². The fourth-order valence-corrected chi connectivity index (χ4v) is 4.51. The maximum absolute atomic E-state index is 6.22. The van der Waals surface area contributed by atoms with E-state index in [0.717, 1.165) is 34.4 Å². The molecule has 1 saturated carbocycles. The highest BCUT2D eigenvalue weighted by Gasteiger charge is 2.35. The first-order valence-corrected chi connectivity index (χ1v) is 10.5. The van der Waals surface area contributed by atoms with Crippen LogP contribution in [0, 0.1) is 6.92 Å². The van der Waals surface area contributed by atoms with E-state index < -0.39 is 0 Å². The van der Waals surface area contributed by atoms with Crippen molar-refractivity contribution in [2.75, 3.05) is 11.9 Å². The fourth-order valence-electron chi connectivity index (χ4n) is 3.48. The lowest BCUT2D eigenvalue weighted by atomic mass is 9.79. The van der Waals surface area contributed by atoms with E-state index in [4.69, 9.17) is 35.4 Å². The molecule has 1 fully saturated rings. The van der Waals surface area contributed by atoms with Gasteiger partial charge in [0.05, 0.1) is 9.50 Å². The minimum Gasteiger partial charge on any atom is -0.362 e. The Bertz CT molecular complexity index is 822. The number of hydrogen-bond acceptors (Lipinski definition) is 2. The molecule has 2 N–H and O–H groups in total. The van der Waals surface area contributed by atoms with Crippen LogP contribution in [-0.4, -0.2) is 16.6 Å². The third kappa shape index (κ3) is 4.33. The lowest BCUT2D eigenvalue weighted by molar-refractivity contribution is 0.435. The van der Waals surface area contributed by atoms with E-state index >= 15 is 0 Å². The molecule has 3 nitrogen and oxygen atoms in total. The van der Waals surface area contributed by atoms with Crippen LogP contribution < -0.4 is 10.6 Å². The highest BCUT2D eigenvalue weighted by Crippen LogP contribution is 2.41. The molecule has 1 aliphatic rings. The molecule has 0 radical (unpaired) electrons. The largest absolute Gasteiger partial charge is 0.362 e. The zero-order valence-corrected chi connectivity index (χ0v) is 18.3. The molecule has 0 aliphatic heterocycles. The lowest BCUT2D eigenvalue weighted by Crippen LogP contribution is -2.41.